The minimum atomic E-state index is 0.261. The monoisotopic (exact) mass is 238 g/mol. The van der Waals surface area contributed by atoms with Crippen LogP contribution >= 0.6 is 0 Å². The highest BCUT2D eigenvalue weighted by molar-refractivity contribution is 5.78. The van der Waals surface area contributed by atoms with Crippen molar-refractivity contribution in [1.82, 2.24) is 5.32 Å². The zero-order valence-corrected chi connectivity index (χ0v) is 10.8. The smallest absolute Gasteiger partial charge is 0.223 e. The number of amides is 1. The van der Waals surface area contributed by atoms with Crippen LogP contribution < -0.4 is 11.1 Å². The molecule has 0 atom stereocenters. The lowest BCUT2D eigenvalue weighted by molar-refractivity contribution is -0.125. The minimum Gasteiger partial charge on any atom is -0.355 e. The number of hydrogen-bond acceptors (Lipinski definition) is 2. The third-order valence-corrected chi connectivity index (χ3v) is 4.50. The van der Waals surface area contributed by atoms with E-state index in [1.54, 1.807) is 0 Å². The van der Waals surface area contributed by atoms with Crippen molar-refractivity contribution in [3.63, 3.8) is 0 Å². The maximum atomic E-state index is 12.1. The predicted octanol–water partition coefficient (Wildman–Crippen LogP) is 2.20. The molecule has 0 aromatic rings. The highest BCUT2D eigenvalue weighted by Gasteiger charge is 2.41. The van der Waals surface area contributed by atoms with Gasteiger partial charge >= 0.3 is 0 Å². The third kappa shape index (κ3) is 3.70. The van der Waals surface area contributed by atoms with Crippen molar-refractivity contribution >= 4 is 5.91 Å². The van der Waals surface area contributed by atoms with Crippen molar-refractivity contribution in [2.75, 3.05) is 13.1 Å². The van der Waals surface area contributed by atoms with Crippen LogP contribution in [0.25, 0.3) is 0 Å². The van der Waals surface area contributed by atoms with Gasteiger partial charge in [0.2, 0.25) is 5.91 Å². The van der Waals surface area contributed by atoms with E-state index in [1.807, 2.05) is 0 Å². The van der Waals surface area contributed by atoms with Crippen molar-refractivity contribution < 1.29 is 4.79 Å². The Morgan fingerprint density at radius 1 is 1.12 bits per heavy atom. The summed E-state index contributed by atoms with van der Waals surface area (Å²) in [5.74, 6) is 0.551. The van der Waals surface area contributed by atoms with Crippen LogP contribution in [0.4, 0.5) is 0 Å². The molecule has 0 heterocycles. The molecule has 3 nitrogen and oxygen atoms in total. The zero-order valence-electron chi connectivity index (χ0n) is 10.8. The number of nitrogens with two attached hydrogens (primary N) is 1. The average molecular weight is 238 g/mol. The number of carbonyl (C=O) groups excluding carboxylic acids is 1. The summed E-state index contributed by atoms with van der Waals surface area (Å²) in [6.07, 6.45) is 10.9. The van der Waals surface area contributed by atoms with E-state index in [2.05, 4.69) is 5.32 Å². The fraction of sp³-hybridized carbons (Fsp3) is 0.929. The first-order valence-corrected chi connectivity index (χ1v) is 7.24. The zero-order chi connectivity index (χ0) is 12.1. The number of carbonyl (C=O) groups is 1. The Morgan fingerprint density at radius 2 is 1.71 bits per heavy atom. The molecule has 3 heteroatoms. The molecule has 2 fully saturated rings. The summed E-state index contributed by atoms with van der Waals surface area (Å²) in [6.45, 7) is 1.52. The molecule has 98 valence electrons. The van der Waals surface area contributed by atoms with Gasteiger partial charge < -0.3 is 11.1 Å². The van der Waals surface area contributed by atoms with Crippen molar-refractivity contribution in [2.24, 2.45) is 17.1 Å². The molecule has 1 amide bonds. The van der Waals surface area contributed by atoms with Crippen LogP contribution in [0.15, 0.2) is 0 Å². The van der Waals surface area contributed by atoms with Crippen LogP contribution in [0.1, 0.15) is 57.8 Å². The Bertz CT molecular complexity index is 253. The predicted molar refractivity (Wildman–Crippen MR) is 69.5 cm³/mol. The second-order valence-electron chi connectivity index (χ2n) is 5.96. The second-order valence-corrected chi connectivity index (χ2v) is 5.96. The lowest BCUT2D eigenvalue weighted by Gasteiger charge is -2.21. The molecule has 17 heavy (non-hydrogen) atoms. The van der Waals surface area contributed by atoms with Gasteiger partial charge in [0.25, 0.3) is 0 Å². The molecule has 0 unspecified atom stereocenters. The largest absolute Gasteiger partial charge is 0.355 e. The van der Waals surface area contributed by atoms with Gasteiger partial charge in [0.1, 0.15) is 0 Å². The van der Waals surface area contributed by atoms with Gasteiger partial charge in [-0.3, -0.25) is 4.79 Å². The van der Waals surface area contributed by atoms with Gasteiger partial charge in [0.15, 0.2) is 0 Å². The molecule has 0 spiro atoms. The quantitative estimate of drug-likeness (QED) is 0.789. The normalized spacial score (nSPS) is 24.8. The molecule has 2 saturated carbocycles. The van der Waals surface area contributed by atoms with Gasteiger partial charge in [-0.15, -0.1) is 0 Å². The van der Waals surface area contributed by atoms with Crippen LogP contribution in [0.5, 0.6) is 0 Å². The summed E-state index contributed by atoms with van der Waals surface area (Å²) in [5.41, 5.74) is 5.99. The fourth-order valence-electron chi connectivity index (χ4n) is 2.77. The Hall–Kier alpha value is -0.570. The van der Waals surface area contributed by atoms with Crippen LogP contribution in [0, 0.1) is 11.3 Å². The van der Waals surface area contributed by atoms with Gasteiger partial charge in [0.05, 0.1) is 0 Å². The van der Waals surface area contributed by atoms with E-state index in [0.717, 1.165) is 25.9 Å². The van der Waals surface area contributed by atoms with E-state index >= 15 is 0 Å². The molecule has 0 aliphatic heterocycles. The van der Waals surface area contributed by atoms with E-state index in [4.69, 9.17) is 5.73 Å². The molecule has 2 rings (SSSR count). The van der Waals surface area contributed by atoms with Crippen molar-refractivity contribution in [3.8, 4) is 0 Å². The molecule has 0 aromatic heterocycles. The molecular weight excluding hydrogens is 212 g/mol. The summed E-state index contributed by atoms with van der Waals surface area (Å²) in [5, 5.41) is 3.14. The molecule has 2 aliphatic carbocycles. The summed E-state index contributed by atoms with van der Waals surface area (Å²) < 4.78 is 0. The average Bonchev–Trinajstić information content (AvgIpc) is 3.06. The van der Waals surface area contributed by atoms with Crippen molar-refractivity contribution in [3.05, 3.63) is 0 Å². The first kappa shape index (κ1) is 12.9. The first-order chi connectivity index (χ1) is 8.26. The van der Waals surface area contributed by atoms with E-state index in [1.165, 1.54) is 44.9 Å². The fourth-order valence-corrected chi connectivity index (χ4v) is 2.77. The Morgan fingerprint density at radius 3 is 2.24 bits per heavy atom. The Labute approximate surface area is 105 Å². The lowest BCUT2D eigenvalue weighted by atomic mass is 9.90. The SMILES string of the molecule is NCC1(CNC(=O)C2CCCCCCC2)CC1. The highest BCUT2D eigenvalue weighted by atomic mass is 16.1. The van der Waals surface area contributed by atoms with Crippen LogP contribution in [-0.2, 0) is 4.79 Å². The molecule has 0 aromatic carbocycles. The van der Waals surface area contributed by atoms with Gasteiger partial charge in [-0.2, -0.15) is 0 Å². The Balaban J connectivity index is 1.73. The lowest BCUT2D eigenvalue weighted by Crippen LogP contribution is -2.37. The van der Waals surface area contributed by atoms with Crippen molar-refractivity contribution in [2.45, 2.75) is 57.8 Å². The first-order valence-electron chi connectivity index (χ1n) is 7.24. The summed E-state index contributed by atoms with van der Waals surface area (Å²) in [7, 11) is 0. The van der Waals surface area contributed by atoms with E-state index < -0.39 is 0 Å². The molecule has 0 radical (unpaired) electrons. The van der Waals surface area contributed by atoms with Gasteiger partial charge in [-0.25, -0.2) is 0 Å². The van der Waals surface area contributed by atoms with Crippen LogP contribution in [0.3, 0.4) is 0 Å². The van der Waals surface area contributed by atoms with Crippen LogP contribution in [-0.4, -0.2) is 19.0 Å². The summed E-state index contributed by atoms with van der Waals surface area (Å²) in [6, 6.07) is 0. The van der Waals surface area contributed by atoms with Gasteiger partial charge in [-0.05, 0) is 37.6 Å². The van der Waals surface area contributed by atoms with Crippen LogP contribution in [0.2, 0.25) is 0 Å². The maximum Gasteiger partial charge on any atom is 0.223 e. The molecule has 0 saturated heterocycles. The molecule has 3 N–H and O–H groups in total. The molecular formula is C14H26N2O. The minimum absolute atomic E-state index is 0.261. The standard InChI is InChI=1S/C14H26N2O/c15-10-14(8-9-14)11-16-13(17)12-6-4-2-1-3-5-7-12/h12H,1-11,15H2,(H,16,17). The Kier molecular flexibility index (Phi) is 4.43. The van der Waals surface area contributed by atoms with E-state index in [9.17, 15) is 4.79 Å². The van der Waals surface area contributed by atoms with Crippen molar-refractivity contribution in [1.29, 1.82) is 0 Å². The van der Waals surface area contributed by atoms with Gasteiger partial charge in [-0.1, -0.05) is 32.1 Å². The summed E-state index contributed by atoms with van der Waals surface area (Å²) in [4.78, 5) is 12.1. The van der Waals surface area contributed by atoms with E-state index in [0.29, 0.717) is 0 Å². The number of nitrogens with one attached hydrogen (secondary N) is 1. The molecule has 0 bridgehead atoms. The topological polar surface area (TPSA) is 55.1 Å². The third-order valence-electron chi connectivity index (χ3n) is 4.50. The highest BCUT2D eigenvalue weighted by Crippen LogP contribution is 2.43. The maximum absolute atomic E-state index is 12.1. The van der Waals surface area contributed by atoms with E-state index in [-0.39, 0.29) is 17.2 Å². The number of hydrogen-bond donors (Lipinski definition) is 2. The van der Waals surface area contributed by atoms with Gasteiger partial charge in [0, 0.05) is 12.5 Å². The summed E-state index contributed by atoms with van der Waals surface area (Å²) >= 11 is 0. The number of rotatable bonds is 4. The molecule has 2 aliphatic rings. The second kappa shape index (κ2) is 5.85.